The molecular formula is C39H49NO7. The van der Waals surface area contributed by atoms with Crippen LogP contribution in [-0.4, -0.2) is 29.9 Å². The van der Waals surface area contributed by atoms with E-state index in [1.165, 1.54) is 69.6 Å². The number of carbonyl (C=O) groups excluding carboxylic acids is 2. The van der Waals surface area contributed by atoms with Crippen LogP contribution in [0, 0.1) is 10.1 Å². The van der Waals surface area contributed by atoms with Crippen LogP contribution >= 0.6 is 0 Å². The number of carbonyl (C=O) groups is 2. The summed E-state index contributed by atoms with van der Waals surface area (Å²) in [6, 6.07) is 17.6. The summed E-state index contributed by atoms with van der Waals surface area (Å²) < 4.78 is 16.9. The molecule has 0 unspecified atom stereocenters. The van der Waals surface area contributed by atoms with Crippen molar-refractivity contribution in [1.82, 2.24) is 0 Å². The quantitative estimate of drug-likeness (QED) is 0.0192. The molecule has 252 valence electrons. The van der Waals surface area contributed by atoms with Crippen molar-refractivity contribution in [3.8, 4) is 17.2 Å². The molecule has 0 aromatic heterocycles. The molecule has 0 N–H and O–H groups in total. The Bertz CT molecular complexity index is 1410. The van der Waals surface area contributed by atoms with Crippen LogP contribution in [0.2, 0.25) is 0 Å². The smallest absolute Gasteiger partial charge is 0.343 e. The molecule has 0 saturated heterocycles. The predicted octanol–water partition coefficient (Wildman–Crippen LogP) is 10.6. The van der Waals surface area contributed by atoms with E-state index in [0.29, 0.717) is 19.0 Å². The number of esters is 1. The maximum atomic E-state index is 12.8. The number of nitro benzene ring substituents is 1. The molecule has 0 aliphatic heterocycles. The lowest BCUT2D eigenvalue weighted by Gasteiger charge is -2.08. The van der Waals surface area contributed by atoms with Crippen LogP contribution in [-0.2, 0) is 0 Å². The summed E-state index contributed by atoms with van der Waals surface area (Å²) in [7, 11) is 0. The minimum atomic E-state index is -0.744. The summed E-state index contributed by atoms with van der Waals surface area (Å²) in [5, 5.41) is 11.8. The van der Waals surface area contributed by atoms with Gasteiger partial charge in [0.15, 0.2) is 5.78 Å². The predicted molar refractivity (Wildman–Crippen MR) is 187 cm³/mol. The molecule has 0 radical (unpaired) electrons. The van der Waals surface area contributed by atoms with E-state index in [2.05, 4.69) is 13.8 Å². The number of ether oxygens (including phenoxy) is 3. The second-order valence-electron chi connectivity index (χ2n) is 11.7. The van der Waals surface area contributed by atoms with Gasteiger partial charge in [0.1, 0.15) is 11.5 Å². The van der Waals surface area contributed by atoms with Crippen LogP contribution < -0.4 is 14.2 Å². The lowest BCUT2D eigenvalue weighted by molar-refractivity contribution is -0.385. The fourth-order valence-electron chi connectivity index (χ4n) is 5.01. The van der Waals surface area contributed by atoms with Crippen molar-refractivity contribution in [1.29, 1.82) is 0 Å². The first-order valence-electron chi connectivity index (χ1n) is 17.1. The van der Waals surface area contributed by atoms with Crippen molar-refractivity contribution in [2.24, 2.45) is 0 Å². The average Bonchev–Trinajstić information content (AvgIpc) is 3.08. The minimum Gasteiger partial charge on any atom is -0.494 e. The third-order valence-electron chi connectivity index (χ3n) is 7.82. The summed E-state index contributed by atoms with van der Waals surface area (Å²) in [5.41, 5.74) is 0.645. The van der Waals surface area contributed by atoms with Gasteiger partial charge in [0.05, 0.1) is 23.7 Å². The maximum Gasteiger partial charge on any atom is 0.343 e. The van der Waals surface area contributed by atoms with Crippen molar-refractivity contribution in [3.63, 3.8) is 0 Å². The molecule has 0 heterocycles. The minimum absolute atomic E-state index is 0.104. The Labute approximate surface area is 279 Å². The summed E-state index contributed by atoms with van der Waals surface area (Å²) in [6.07, 6.45) is 18.7. The van der Waals surface area contributed by atoms with Crippen LogP contribution in [0.3, 0.4) is 0 Å². The van der Waals surface area contributed by atoms with Gasteiger partial charge < -0.3 is 14.2 Å². The molecular weight excluding hydrogens is 594 g/mol. The third-order valence-corrected chi connectivity index (χ3v) is 7.82. The molecule has 3 aromatic carbocycles. The molecule has 0 spiro atoms. The molecule has 0 aliphatic carbocycles. The number of ketones is 1. The molecule has 3 rings (SSSR count). The van der Waals surface area contributed by atoms with Gasteiger partial charge in [0.25, 0.3) is 0 Å². The first-order valence-corrected chi connectivity index (χ1v) is 17.1. The second-order valence-corrected chi connectivity index (χ2v) is 11.7. The standard InChI is InChI=1S/C39H49NO7/c1-3-5-7-8-9-10-11-12-13-15-29-46-35-24-19-32(20-25-35)39(42)47-38-27-21-33(30-36(38)40(43)44)37(41)26-18-31-16-22-34(23-17-31)45-28-14-6-4-2/h16-27,30H,3-15,28-29H2,1-2H3/b26-18+. The number of benzene rings is 3. The van der Waals surface area contributed by atoms with Crippen LogP contribution in [0.25, 0.3) is 6.08 Å². The van der Waals surface area contributed by atoms with Gasteiger partial charge in [0, 0.05) is 11.6 Å². The van der Waals surface area contributed by atoms with E-state index >= 15 is 0 Å². The van der Waals surface area contributed by atoms with Crippen LogP contribution in [0.5, 0.6) is 17.2 Å². The zero-order valence-electron chi connectivity index (χ0n) is 27.9. The highest BCUT2D eigenvalue weighted by atomic mass is 16.6. The third kappa shape index (κ3) is 13.8. The first-order chi connectivity index (χ1) is 22.9. The molecule has 0 fully saturated rings. The van der Waals surface area contributed by atoms with Crippen LogP contribution in [0.15, 0.2) is 72.8 Å². The number of hydrogen-bond acceptors (Lipinski definition) is 7. The van der Waals surface area contributed by atoms with Crippen molar-refractivity contribution >= 4 is 23.5 Å². The summed E-state index contributed by atoms with van der Waals surface area (Å²) >= 11 is 0. The maximum absolute atomic E-state index is 12.8. The lowest BCUT2D eigenvalue weighted by Crippen LogP contribution is -2.10. The highest BCUT2D eigenvalue weighted by Gasteiger charge is 2.21. The Balaban J connectivity index is 1.46. The zero-order valence-corrected chi connectivity index (χ0v) is 27.9. The molecule has 0 saturated carbocycles. The topological polar surface area (TPSA) is 105 Å². The van der Waals surface area contributed by atoms with Crippen LogP contribution in [0.1, 0.15) is 124 Å². The fraction of sp³-hybridized carbons (Fsp3) is 0.436. The van der Waals surface area contributed by atoms with Gasteiger partial charge in [-0.05, 0) is 73.0 Å². The number of nitro groups is 1. The molecule has 0 atom stereocenters. The van der Waals surface area contributed by atoms with E-state index in [9.17, 15) is 19.7 Å². The Hall–Kier alpha value is -4.46. The van der Waals surface area contributed by atoms with Crippen molar-refractivity contribution in [2.45, 2.75) is 97.3 Å². The van der Waals surface area contributed by atoms with E-state index in [1.807, 2.05) is 24.3 Å². The normalized spacial score (nSPS) is 11.0. The van der Waals surface area contributed by atoms with Crippen molar-refractivity contribution in [3.05, 3.63) is 99.6 Å². The Kier molecular flexibility index (Phi) is 16.8. The van der Waals surface area contributed by atoms with Crippen molar-refractivity contribution < 1.29 is 28.7 Å². The Morgan fingerprint density at radius 2 is 1.15 bits per heavy atom. The fourth-order valence-corrected chi connectivity index (χ4v) is 5.01. The van der Waals surface area contributed by atoms with Gasteiger partial charge in [-0.15, -0.1) is 0 Å². The van der Waals surface area contributed by atoms with Gasteiger partial charge in [-0.1, -0.05) is 103 Å². The van der Waals surface area contributed by atoms with Gasteiger partial charge >= 0.3 is 11.7 Å². The molecule has 0 aliphatic rings. The molecule has 3 aromatic rings. The average molecular weight is 644 g/mol. The number of nitrogens with zero attached hydrogens (tertiary/aromatic N) is 1. The SMILES string of the molecule is CCCCCCCCCCCCOc1ccc(C(=O)Oc2ccc(C(=O)/C=C/c3ccc(OCCCCC)cc3)cc2[N+](=O)[O-])cc1. The van der Waals surface area contributed by atoms with Crippen molar-refractivity contribution in [2.75, 3.05) is 13.2 Å². The highest BCUT2D eigenvalue weighted by molar-refractivity contribution is 6.07. The first kappa shape index (κ1) is 37.0. The Morgan fingerprint density at radius 3 is 1.72 bits per heavy atom. The molecule has 8 heteroatoms. The summed E-state index contributed by atoms with van der Waals surface area (Å²) in [6.45, 7) is 5.64. The van der Waals surface area contributed by atoms with E-state index in [1.54, 1.807) is 30.3 Å². The van der Waals surface area contributed by atoms with E-state index in [-0.39, 0.29) is 16.9 Å². The number of rotatable bonds is 23. The number of hydrogen-bond donors (Lipinski definition) is 0. The molecule has 0 bridgehead atoms. The molecule has 0 amide bonds. The monoisotopic (exact) mass is 643 g/mol. The highest BCUT2D eigenvalue weighted by Crippen LogP contribution is 2.29. The Morgan fingerprint density at radius 1 is 0.660 bits per heavy atom. The van der Waals surface area contributed by atoms with E-state index in [0.717, 1.165) is 49.5 Å². The summed E-state index contributed by atoms with van der Waals surface area (Å²) in [4.78, 5) is 36.7. The summed E-state index contributed by atoms with van der Waals surface area (Å²) in [5.74, 6) is 0.00183. The van der Waals surface area contributed by atoms with Gasteiger partial charge in [-0.3, -0.25) is 14.9 Å². The van der Waals surface area contributed by atoms with E-state index in [4.69, 9.17) is 14.2 Å². The van der Waals surface area contributed by atoms with Gasteiger partial charge in [0.2, 0.25) is 5.75 Å². The van der Waals surface area contributed by atoms with Crippen LogP contribution in [0.4, 0.5) is 5.69 Å². The molecule has 47 heavy (non-hydrogen) atoms. The largest absolute Gasteiger partial charge is 0.494 e. The van der Waals surface area contributed by atoms with Gasteiger partial charge in [-0.2, -0.15) is 0 Å². The number of unbranched alkanes of at least 4 members (excludes halogenated alkanes) is 11. The number of allylic oxidation sites excluding steroid dienone is 1. The second kappa shape index (κ2) is 21.4. The molecule has 8 nitrogen and oxygen atoms in total. The van der Waals surface area contributed by atoms with Gasteiger partial charge in [-0.25, -0.2) is 4.79 Å². The lowest BCUT2D eigenvalue weighted by atomic mass is 10.1. The van der Waals surface area contributed by atoms with E-state index < -0.39 is 22.4 Å². The zero-order chi connectivity index (χ0) is 33.7.